The fraction of sp³-hybridized carbons (Fsp3) is 0.333. The highest BCUT2D eigenvalue weighted by atomic mass is 35.5. The number of aliphatic hydroxyl groups excluding tert-OH is 1. The Bertz CT molecular complexity index is 296. The van der Waals surface area contributed by atoms with Crippen LogP contribution in [-0.2, 0) is 6.42 Å². The van der Waals surface area contributed by atoms with Gasteiger partial charge in [-0.05, 0) is 24.1 Å². The van der Waals surface area contributed by atoms with E-state index in [2.05, 4.69) is 0 Å². The minimum Gasteiger partial charge on any atom is -0.505 e. The van der Waals surface area contributed by atoms with E-state index in [1.165, 1.54) is 12.1 Å². The highest BCUT2D eigenvalue weighted by molar-refractivity contribution is 5.85. The van der Waals surface area contributed by atoms with Crippen molar-refractivity contribution >= 4 is 12.4 Å². The molecule has 1 unspecified atom stereocenters. The molecule has 0 spiro atoms. The van der Waals surface area contributed by atoms with Crippen LogP contribution in [0.5, 0.6) is 5.75 Å². The van der Waals surface area contributed by atoms with E-state index in [9.17, 15) is 4.39 Å². The molecular formula is C9H13ClFNO2. The number of rotatable bonds is 3. The van der Waals surface area contributed by atoms with E-state index in [-0.39, 0.29) is 30.8 Å². The highest BCUT2D eigenvalue weighted by Crippen LogP contribution is 2.16. The average molecular weight is 222 g/mol. The van der Waals surface area contributed by atoms with Crippen LogP contribution in [0.15, 0.2) is 18.2 Å². The van der Waals surface area contributed by atoms with Crippen molar-refractivity contribution < 1.29 is 14.6 Å². The predicted octanol–water partition coefficient (Wildman–Crippen LogP) is 0.815. The van der Waals surface area contributed by atoms with Crippen molar-refractivity contribution in [2.75, 3.05) is 6.61 Å². The van der Waals surface area contributed by atoms with Gasteiger partial charge in [-0.1, -0.05) is 6.07 Å². The molecule has 14 heavy (non-hydrogen) atoms. The first-order valence-electron chi connectivity index (χ1n) is 3.97. The lowest BCUT2D eigenvalue weighted by Crippen LogP contribution is -2.26. The second kappa shape index (κ2) is 5.80. The predicted molar refractivity (Wildman–Crippen MR) is 54.1 cm³/mol. The summed E-state index contributed by atoms with van der Waals surface area (Å²) in [4.78, 5) is 0. The topological polar surface area (TPSA) is 66.5 Å². The van der Waals surface area contributed by atoms with Gasteiger partial charge in [0.2, 0.25) is 0 Å². The van der Waals surface area contributed by atoms with E-state index in [1.54, 1.807) is 6.07 Å². The number of phenolic OH excluding ortho intramolecular Hbond substituents is 1. The molecule has 0 aliphatic heterocycles. The molecule has 5 heteroatoms. The van der Waals surface area contributed by atoms with Crippen LogP contribution in [0.1, 0.15) is 5.56 Å². The number of aliphatic hydroxyl groups is 1. The van der Waals surface area contributed by atoms with E-state index in [0.29, 0.717) is 12.0 Å². The summed E-state index contributed by atoms with van der Waals surface area (Å²) in [6.07, 6.45) is 0.397. The second-order valence-electron chi connectivity index (χ2n) is 2.93. The first-order valence-corrected chi connectivity index (χ1v) is 3.97. The van der Waals surface area contributed by atoms with Crippen LogP contribution >= 0.6 is 12.4 Å². The Morgan fingerprint density at radius 1 is 1.43 bits per heavy atom. The number of hydrogen-bond donors (Lipinski definition) is 3. The summed E-state index contributed by atoms with van der Waals surface area (Å²) in [7, 11) is 0. The molecule has 0 aliphatic rings. The van der Waals surface area contributed by atoms with Crippen molar-refractivity contribution in [3.63, 3.8) is 0 Å². The van der Waals surface area contributed by atoms with Gasteiger partial charge >= 0.3 is 0 Å². The van der Waals surface area contributed by atoms with Gasteiger partial charge in [-0.3, -0.25) is 0 Å². The van der Waals surface area contributed by atoms with Crippen LogP contribution in [-0.4, -0.2) is 22.9 Å². The molecule has 0 saturated carbocycles. The molecule has 80 valence electrons. The van der Waals surface area contributed by atoms with Gasteiger partial charge in [0.15, 0.2) is 11.6 Å². The maximum atomic E-state index is 12.8. The van der Waals surface area contributed by atoms with Crippen molar-refractivity contribution in [2.45, 2.75) is 12.5 Å². The van der Waals surface area contributed by atoms with Gasteiger partial charge in [-0.15, -0.1) is 12.4 Å². The van der Waals surface area contributed by atoms with Gasteiger partial charge in [0, 0.05) is 6.04 Å². The summed E-state index contributed by atoms with van der Waals surface area (Å²) in [6, 6.07) is 3.68. The molecule has 1 atom stereocenters. The highest BCUT2D eigenvalue weighted by Gasteiger charge is 2.05. The molecule has 0 heterocycles. The molecule has 4 N–H and O–H groups in total. The molecule has 0 aliphatic carbocycles. The second-order valence-corrected chi connectivity index (χ2v) is 2.93. The largest absolute Gasteiger partial charge is 0.505 e. The molecule has 1 aromatic carbocycles. The summed E-state index contributed by atoms with van der Waals surface area (Å²) >= 11 is 0. The number of aromatic hydroxyl groups is 1. The summed E-state index contributed by atoms with van der Waals surface area (Å²) in [6.45, 7) is -0.136. The minimum absolute atomic E-state index is 0. The van der Waals surface area contributed by atoms with E-state index in [1.807, 2.05) is 0 Å². The molecule has 0 radical (unpaired) electrons. The summed E-state index contributed by atoms with van der Waals surface area (Å²) in [5.74, 6) is -1.04. The quantitative estimate of drug-likeness (QED) is 0.708. The Hall–Kier alpha value is -0.840. The zero-order chi connectivity index (χ0) is 9.84. The van der Waals surface area contributed by atoms with E-state index < -0.39 is 5.82 Å². The van der Waals surface area contributed by atoms with Crippen LogP contribution in [0, 0.1) is 5.82 Å². The van der Waals surface area contributed by atoms with Gasteiger partial charge in [0.05, 0.1) is 6.61 Å². The first-order chi connectivity index (χ1) is 6.13. The average Bonchev–Trinajstić information content (AvgIpc) is 2.11. The summed E-state index contributed by atoms with van der Waals surface area (Å²) in [5.41, 5.74) is 6.12. The number of benzene rings is 1. The third-order valence-corrected chi connectivity index (χ3v) is 1.74. The van der Waals surface area contributed by atoms with E-state index in [0.717, 1.165) is 0 Å². The Morgan fingerprint density at radius 3 is 2.57 bits per heavy atom. The van der Waals surface area contributed by atoms with Crippen molar-refractivity contribution in [3.05, 3.63) is 29.6 Å². The molecule has 3 nitrogen and oxygen atoms in total. The zero-order valence-electron chi connectivity index (χ0n) is 7.48. The van der Waals surface area contributed by atoms with Crippen molar-refractivity contribution in [1.29, 1.82) is 0 Å². The third kappa shape index (κ3) is 3.49. The molecule has 0 amide bonds. The molecular weight excluding hydrogens is 209 g/mol. The smallest absolute Gasteiger partial charge is 0.165 e. The Balaban J connectivity index is 0.00000169. The van der Waals surface area contributed by atoms with Crippen LogP contribution in [0.3, 0.4) is 0 Å². The van der Waals surface area contributed by atoms with E-state index >= 15 is 0 Å². The van der Waals surface area contributed by atoms with Crippen LogP contribution in [0.25, 0.3) is 0 Å². The first kappa shape index (κ1) is 13.2. The Kier molecular flexibility index (Phi) is 5.45. The van der Waals surface area contributed by atoms with Gasteiger partial charge in [-0.2, -0.15) is 0 Å². The molecule has 1 aromatic rings. The Labute approximate surface area is 87.8 Å². The number of halogens is 2. The van der Waals surface area contributed by atoms with Crippen LogP contribution in [0.4, 0.5) is 4.39 Å². The van der Waals surface area contributed by atoms with Crippen molar-refractivity contribution in [1.82, 2.24) is 0 Å². The van der Waals surface area contributed by atoms with E-state index in [4.69, 9.17) is 15.9 Å². The maximum absolute atomic E-state index is 12.8. The fourth-order valence-electron chi connectivity index (χ4n) is 1.04. The zero-order valence-corrected chi connectivity index (χ0v) is 8.30. The summed E-state index contributed by atoms with van der Waals surface area (Å²) < 4.78 is 12.8. The van der Waals surface area contributed by atoms with Crippen molar-refractivity contribution in [3.8, 4) is 5.75 Å². The van der Waals surface area contributed by atoms with Crippen molar-refractivity contribution in [2.24, 2.45) is 5.73 Å². The monoisotopic (exact) mass is 221 g/mol. The molecule has 0 fully saturated rings. The SMILES string of the molecule is Cl.NC(CO)Cc1ccc(O)c(F)c1. The molecule has 0 aromatic heterocycles. The number of hydrogen-bond acceptors (Lipinski definition) is 3. The molecule has 0 bridgehead atoms. The van der Waals surface area contributed by atoms with Gasteiger partial charge in [0.25, 0.3) is 0 Å². The van der Waals surface area contributed by atoms with Crippen LogP contribution in [0.2, 0.25) is 0 Å². The molecule has 0 saturated heterocycles. The third-order valence-electron chi connectivity index (χ3n) is 1.74. The fourth-order valence-corrected chi connectivity index (χ4v) is 1.04. The number of nitrogens with two attached hydrogens (primary N) is 1. The van der Waals surface area contributed by atoms with Gasteiger partial charge in [-0.25, -0.2) is 4.39 Å². The lowest BCUT2D eigenvalue weighted by Gasteiger charge is -2.07. The molecule has 1 rings (SSSR count). The maximum Gasteiger partial charge on any atom is 0.165 e. The standard InChI is InChI=1S/C9H12FNO2.ClH/c10-8-4-6(1-2-9(8)13)3-7(11)5-12;/h1-2,4,7,12-13H,3,5,11H2;1H. The van der Waals surface area contributed by atoms with Crippen LogP contribution < -0.4 is 5.73 Å². The van der Waals surface area contributed by atoms with Gasteiger partial charge < -0.3 is 15.9 Å². The van der Waals surface area contributed by atoms with Gasteiger partial charge in [0.1, 0.15) is 0 Å². The number of phenols is 1. The Morgan fingerprint density at radius 2 is 2.07 bits per heavy atom. The normalized spacial score (nSPS) is 11.9. The lowest BCUT2D eigenvalue weighted by molar-refractivity contribution is 0.265. The minimum atomic E-state index is -0.664. The lowest BCUT2D eigenvalue weighted by atomic mass is 10.1. The summed E-state index contributed by atoms with van der Waals surface area (Å²) in [5, 5.41) is 17.5.